The van der Waals surface area contributed by atoms with E-state index in [9.17, 15) is 4.39 Å². The third-order valence-corrected chi connectivity index (χ3v) is 2.51. The highest BCUT2D eigenvalue weighted by molar-refractivity contribution is 5.18. The molecule has 4 unspecified atom stereocenters. The van der Waals surface area contributed by atoms with Crippen molar-refractivity contribution < 1.29 is 4.39 Å². The van der Waals surface area contributed by atoms with Crippen LogP contribution in [0.25, 0.3) is 0 Å². The van der Waals surface area contributed by atoms with Crippen LogP contribution in [0, 0.1) is 29.1 Å². The van der Waals surface area contributed by atoms with Crippen LogP contribution in [0.5, 0.6) is 0 Å². The summed E-state index contributed by atoms with van der Waals surface area (Å²) in [5.41, 5.74) is 0. The Kier molecular flexibility index (Phi) is 1.08. The largest absolute Gasteiger partial charge is 0.245 e. The molecule has 2 heteroatoms. The maximum atomic E-state index is 13.0. The van der Waals surface area contributed by atoms with Crippen molar-refractivity contribution in [2.45, 2.75) is 12.6 Å². The van der Waals surface area contributed by atoms with Crippen molar-refractivity contribution in [2.75, 3.05) is 0 Å². The van der Waals surface area contributed by atoms with Crippen molar-refractivity contribution in [3.63, 3.8) is 0 Å². The van der Waals surface area contributed by atoms with Crippen molar-refractivity contribution in [3.05, 3.63) is 12.2 Å². The standard InChI is InChI=1S/C8H8FN/c9-8-6-2-1-5(3-6)7(8)4-10/h1-2,5-8H,3H2. The Morgan fingerprint density at radius 3 is 2.50 bits per heavy atom. The number of hydrogen-bond donors (Lipinski definition) is 0. The fourth-order valence-electron chi connectivity index (χ4n) is 1.93. The normalized spacial score (nSPS) is 49.6. The Morgan fingerprint density at radius 2 is 2.10 bits per heavy atom. The topological polar surface area (TPSA) is 23.8 Å². The van der Waals surface area contributed by atoms with Crippen molar-refractivity contribution in [2.24, 2.45) is 17.8 Å². The number of halogens is 1. The van der Waals surface area contributed by atoms with Gasteiger partial charge in [-0.15, -0.1) is 0 Å². The highest BCUT2D eigenvalue weighted by Crippen LogP contribution is 2.44. The van der Waals surface area contributed by atoms with Crippen LogP contribution in [0.2, 0.25) is 0 Å². The second kappa shape index (κ2) is 1.82. The monoisotopic (exact) mass is 137 g/mol. The van der Waals surface area contributed by atoms with Crippen molar-refractivity contribution in [3.8, 4) is 6.07 Å². The van der Waals surface area contributed by atoms with E-state index in [1.807, 2.05) is 18.2 Å². The highest BCUT2D eigenvalue weighted by atomic mass is 19.1. The molecule has 0 aromatic heterocycles. The molecular weight excluding hydrogens is 129 g/mol. The molecule has 0 spiro atoms. The minimum Gasteiger partial charge on any atom is -0.245 e. The zero-order chi connectivity index (χ0) is 7.14. The molecule has 52 valence electrons. The number of nitriles is 1. The van der Waals surface area contributed by atoms with Crippen LogP contribution in [-0.4, -0.2) is 6.17 Å². The Bertz CT molecular complexity index is 216. The van der Waals surface area contributed by atoms with Gasteiger partial charge < -0.3 is 0 Å². The Balaban J connectivity index is 2.28. The number of allylic oxidation sites excluding steroid dienone is 2. The van der Waals surface area contributed by atoms with E-state index in [4.69, 9.17) is 5.26 Å². The van der Waals surface area contributed by atoms with Crippen LogP contribution in [0.1, 0.15) is 6.42 Å². The molecule has 0 aromatic rings. The van der Waals surface area contributed by atoms with E-state index in [-0.39, 0.29) is 17.8 Å². The molecule has 2 bridgehead atoms. The third kappa shape index (κ3) is 0.553. The zero-order valence-corrected chi connectivity index (χ0v) is 5.50. The van der Waals surface area contributed by atoms with E-state index < -0.39 is 6.17 Å². The van der Waals surface area contributed by atoms with E-state index in [1.54, 1.807) is 0 Å². The van der Waals surface area contributed by atoms with E-state index in [1.165, 1.54) is 0 Å². The van der Waals surface area contributed by atoms with Gasteiger partial charge >= 0.3 is 0 Å². The summed E-state index contributed by atoms with van der Waals surface area (Å²) in [6.45, 7) is 0. The summed E-state index contributed by atoms with van der Waals surface area (Å²) in [5.74, 6) is -0.0883. The van der Waals surface area contributed by atoms with Crippen molar-refractivity contribution >= 4 is 0 Å². The van der Waals surface area contributed by atoms with Gasteiger partial charge in [-0.2, -0.15) is 5.26 Å². The van der Waals surface area contributed by atoms with Crippen molar-refractivity contribution in [1.29, 1.82) is 5.26 Å². The first-order valence-electron chi connectivity index (χ1n) is 3.55. The summed E-state index contributed by atoms with van der Waals surface area (Å²) in [4.78, 5) is 0. The average Bonchev–Trinajstić information content (AvgIpc) is 2.46. The molecule has 1 saturated carbocycles. The fraction of sp³-hybridized carbons (Fsp3) is 0.625. The number of hydrogen-bond acceptors (Lipinski definition) is 1. The molecule has 4 atom stereocenters. The molecule has 2 aliphatic carbocycles. The van der Waals surface area contributed by atoms with Gasteiger partial charge in [0.25, 0.3) is 0 Å². The van der Waals surface area contributed by atoms with Crippen LogP contribution < -0.4 is 0 Å². The first kappa shape index (κ1) is 5.91. The SMILES string of the molecule is N#CC1C2C=CC(C2)C1F. The predicted octanol–water partition coefficient (Wildman–Crippen LogP) is 1.67. The molecular formula is C8H8FN. The molecule has 0 aromatic carbocycles. The predicted molar refractivity (Wildman–Crippen MR) is 34.7 cm³/mol. The molecule has 0 heterocycles. The molecule has 0 N–H and O–H groups in total. The van der Waals surface area contributed by atoms with E-state index in [2.05, 4.69) is 0 Å². The lowest BCUT2D eigenvalue weighted by atomic mass is 9.94. The quantitative estimate of drug-likeness (QED) is 0.466. The Hall–Kier alpha value is -0.840. The van der Waals surface area contributed by atoms with Crippen LogP contribution in [0.4, 0.5) is 4.39 Å². The van der Waals surface area contributed by atoms with Gasteiger partial charge in [-0.3, -0.25) is 0 Å². The summed E-state index contributed by atoms with van der Waals surface area (Å²) in [6.07, 6.45) is 3.86. The number of rotatable bonds is 0. The van der Waals surface area contributed by atoms with Crippen molar-refractivity contribution in [1.82, 2.24) is 0 Å². The third-order valence-electron chi connectivity index (χ3n) is 2.51. The molecule has 0 radical (unpaired) electrons. The van der Waals surface area contributed by atoms with Crippen LogP contribution >= 0.6 is 0 Å². The van der Waals surface area contributed by atoms with Gasteiger partial charge in [0.15, 0.2) is 0 Å². The zero-order valence-electron chi connectivity index (χ0n) is 5.50. The summed E-state index contributed by atoms with van der Waals surface area (Å²) in [6, 6.07) is 2.02. The average molecular weight is 137 g/mol. The van der Waals surface area contributed by atoms with E-state index in [0.717, 1.165) is 6.42 Å². The second-order valence-electron chi connectivity index (χ2n) is 3.05. The van der Waals surface area contributed by atoms with E-state index >= 15 is 0 Å². The Labute approximate surface area is 59.2 Å². The highest BCUT2D eigenvalue weighted by Gasteiger charge is 2.44. The summed E-state index contributed by atoms with van der Waals surface area (Å²) in [7, 11) is 0. The lowest BCUT2D eigenvalue weighted by molar-refractivity contribution is 0.249. The molecule has 2 aliphatic rings. The lowest BCUT2D eigenvalue weighted by Crippen LogP contribution is -2.18. The van der Waals surface area contributed by atoms with Crippen LogP contribution in [0.15, 0.2) is 12.2 Å². The fourth-order valence-corrected chi connectivity index (χ4v) is 1.93. The minimum absolute atomic E-state index is 0.0506. The first-order chi connectivity index (χ1) is 4.83. The minimum atomic E-state index is -0.889. The molecule has 0 aliphatic heterocycles. The van der Waals surface area contributed by atoms with Gasteiger partial charge in [0.2, 0.25) is 0 Å². The maximum absolute atomic E-state index is 13.0. The summed E-state index contributed by atoms with van der Waals surface area (Å²) in [5, 5.41) is 8.53. The van der Waals surface area contributed by atoms with Gasteiger partial charge in [0, 0.05) is 5.92 Å². The van der Waals surface area contributed by atoms with Gasteiger partial charge in [-0.25, -0.2) is 4.39 Å². The molecule has 10 heavy (non-hydrogen) atoms. The number of alkyl halides is 1. The second-order valence-corrected chi connectivity index (χ2v) is 3.05. The lowest BCUT2D eigenvalue weighted by Gasteiger charge is -2.13. The van der Waals surface area contributed by atoms with Gasteiger partial charge in [-0.05, 0) is 12.3 Å². The number of fused-ring (bicyclic) bond motifs is 2. The van der Waals surface area contributed by atoms with Crippen LogP contribution in [0.3, 0.4) is 0 Å². The molecule has 0 saturated heterocycles. The summed E-state index contributed by atoms with van der Waals surface area (Å²) < 4.78 is 13.0. The maximum Gasteiger partial charge on any atom is 0.123 e. The van der Waals surface area contributed by atoms with Gasteiger partial charge in [0.05, 0.1) is 12.0 Å². The van der Waals surface area contributed by atoms with Crippen LogP contribution in [-0.2, 0) is 0 Å². The molecule has 2 rings (SSSR count). The van der Waals surface area contributed by atoms with E-state index in [0.29, 0.717) is 0 Å². The summed E-state index contributed by atoms with van der Waals surface area (Å²) >= 11 is 0. The van der Waals surface area contributed by atoms with Gasteiger partial charge in [-0.1, -0.05) is 12.2 Å². The van der Waals surface area contributed by atoms with Gasteiger partial charge in [0.1, 0.15) is 6.17 Å². The molecule has 0 amide bonds. The molecule has 1 fully saturated rings. The number of nitrogens with zero attached hydrogens (tertiary/aromatic N) is 1. The smallest absolute Gasteiger partial charge is 0.123 e. The Morgan fingerprint density at radius 1 is 1.40 bits per heavy atom. The first-order valence-corrected chi connectivity index (χ1v) is 3.55. The molecule has 1 nitrogen and oxygen atoms in total.